The van der Waals surface area contributed by atoms with Crippen LogP contribution in [-0.2, 0) is 14.3 Å². The van der Waals surface area contributed by atoms with Crippen molar-refractivity contribution in [2.75, 3.05) is 33.9 Å². The van der Waals surface area contributed by atoms with E-state index in [-0.39, 0.29) is 17.9 Å². The van der Waals surface area contributed by atoms with Gasteiger partial charge in [0.1, 0.15) is 6.04 Å². The highest BCUT2D eigenvalue weighted by Gasteiger charge is 2.35. The lowest BCUT2D eigenvalue weighted by molar-refractivity contribution is -0.137. The van der Waals surface area contributed by atoms with Crippen molar-refractivity contribution in [1.82, 2.24) is 15.5 Å². The van der Waals surface area contributed by atoms with Crippen LogP contribution < -0.4 is 10.6 Å². The molecule has 1 heterocycles. The molecular weight excluding hydrogens is 222 g/mol. The van der Waals surface area contributed by atoms with Crippen LogP contribution in [0.5, 0.6) is 0 Å². The van der Waals surface area contributed by atoms with E-state index in [1.807, 2.05) is 0 Å². The van der Waals surface area contributed by atoms with Crippen LogP contribution in [0.25, 0.3) is 0 Å². The third-order valence-electron chi connectivity index (χ3n) is 3.04. The number of likely N-dealkylation sites (tertiary alicyclic amines) is 1. The Morgan fingerprint density at radius 2 is 2.35 bits per heavy atom. The van der Waals surface area contributed by atoms with Crippen LogP contribution in [0.15, 0.2) is 0 Å². The molecule has 0 aromatic rings. The van der Waals surface area contributed by atoms with E-state index in [0.717, 1.165) is 6.42 Å². The van der Waals surface area contributed by atoms with Crippen molar-refractivity contribution in [1.29, 1.82) is 0 Å². The van der Waals surface area contributed by atoms with E-state index in [1.54, 1.807) is 26.0 Å². The molecule has 6 heteroatoms. The van der Waals surface area contributed by atoms with Gasteiger partial charge in [0.2, 0.25) is 11.8 Å². The first-order valence-corrected chi connectivity index (χ1v) is 5.86. The van der Waals surface area contributed by atoms with Gasteiger partial charge >= 0.3 is 0 Å². The Hall–Kier alpha value is -1.14. The van der Waals surface area contributed by atoms with E-state index < -0.39 is 6.04 Å². The maximum atomic E-state index is 11.9. The van der Waals surface area contributed by atoms with Gasteiger partial charge in [0.15, 0.2) is 0 Å². The van der Waals surface area contributed by atoms with Gasteiger partial charge in [-0.05, 0) is 20.4 Å². The molecule has 0 bridgehead atoms. The summed E-state index contributed by atoms with van der Waals surface area (Å²) in [5.74, 6) is -0.131. The summed E-state index contributed by atoms with van der Waals surface area (Å²) in [7, 11) is 3.34. The Bertz CT molecular complexity index is 283. The zero-order valence-corrected chi connectivity index (χ0v) is 10.7. The summed E-state index contributed by atoms with van der Waals surface area (Å²) in [6.45, 7) is 3.32. The average Bonchev–Trinajstić information content (AvgIpc) is 2.69. The van der Waals surface area contributed by atoms with Crippen molar-refractivity contribution in [3.8, 4) is 0 Å². The number of amides is 2. The first-order chi connectivity index (χ1) is 8.11. The monoisotopic (exact) mass is 243 g/mol. The summed E-state index contributed by atoms with van der Waals surface area (Å²) in [6, 6.07) is -0.568. The first-order valence-electron chi connectivity index (χ1n) is 5.86. The fourth-order valence-electron chi connectivity index (χ4n) is 1.92. The van der Waals surface area contributed by atoms with Crippen molar-refractivity contribution in [2.24, 2.45) is 0 Å². The van der Waals surface area contributed by atoms with E-state index in [9.17, 15) is 9.59 Å². The fraction of sp³-hybridized carbons (Fsp3) is 0.818. The molecule has 1 saturated heterocycles. The average molecular weight is 243 g/mol. The number of methoxy groups -OCH3 is 1. The van der Waals surface area contributed by atoms with E-state index in [4.69, 9.17) is 4.74 Å². The summed E-state index contributed by atoms with van der Waals surface area (Å²) in [6.07, 6.45) is 0.755. The number of hydrogen-bond donors (Lipinski definition) is 2. The van der Waals surface area contributed by atoms with Crippen molar-refractivity contribution in [3.05, 3.63) is 0 Å². The van der Waals surface area contributed by atoms with Crippen LogP contribution in [0.1, 0.15) is 13.3 Å². The summed E-state index contributed by atoms with van der Waals surface area (Å²) in [4.78, 5) is 25.3. The second-order valence-electron chi connectivity index (χ2n) is 4.12. The highest BCUT2D eigenvalue weighted by Crippen LogP contribution is 2.14. The predicted molar refractivity (Wildman–Crippen MR) is 63.5 cm³/mol. The van der Waals surface area contributed by atoms with Gasteiger partial charge in [-0.25, -0.2) is 0 Å². The largest absolute Gasteiger partial charge is 0.383 e. The van der Waals surface area contributed by atoms with Crippen molar-refractivity contribution in [3.63, 3.8) is 0 Å². The van der Waals surface area contributed by atoms with Gasteiger partial charge in [-0.2, -0.15) is 0 Å². The molecule has 0 aliphatic carbocycles. The number of likely N-dealkylation sites (N-methyl/N-ethyl adjacent to an activating group) is 1. The van der Waals surface area contributed by atoms with E-state index >= 15 is 0 Å². The molecule has 2 amide bonds. The van der Waals surface area contributed by atoms with Crippen LogP contribution >= 0.6 is 0 Å². The van der Waals surface area contributed by atoms with E-state index in [2.05, 4.69) is 10.6 Å². The van der Waals surface area contributed by atoms with E-state index in [1.165, 1.54) is 0 Å². The summed E-state index contributed by atoms with van der Waals surface area (Å²) < 4.78 is 4.85. The lowest BCUT2D eigenvalue weighted by Crippen LogP contribution is -2.48. The molecule has 98 valence electrons. The van der Waals surface area contributed by atoms with Crippen LogP contribution in [0.3, 0.4) is 0 Å². The molecule has 2 N–H and O–H groups in total. The van der Waals surface area contributed by atoms with Gasteiger partial charge in [-0.15, -0.1) is 0 Å². The van der Waals surface area contributed by atoms with Gasteiger partial charge in [0, 0.05) is 20.2 Å². The number of rotatable bonds is 6. The van der Waals surface area contributed by atoms with Gasteiger partial charge < -0.3 is 20.3 Å². The third kappa shape index (κ3) is 3.41. The molecule has 0 radical (unpaired) electrons. The second kappa shape index (κ2) is 6.56. The second-order valence-corrected chi connectivity index (χ2v) is 4.12. The number of nitrogens with one attached hydrogen (secondary N) is 2. The van der Waals surface area contributed by atoms with Crippen LogP contribution in [0.2, 0.25) is 0 Å². The van der Waals surface area contributed by atoms with Crippen LogP contribution in [0, 0.1) is 0 Å². The highest BCUT2D eigenvalue weighted by molar-refractivity contribution is 5.90. The molecule has 6 nitrogen and oxygen atoms in total. The Balaban J connectivity index is 2.44. The number of nitrogens with zero attached hydrogens (tertiary/aromatic N) is 1. The van der Waals surface area contributed by atoms with Crippen LogP contribution in [0.4, 0.5) is 0 Å². The Labute approximate surface area is 102 Å². The minimum atomic E-state index is -0.419. The molecule has 0 saturated carbocycles. The minimum absolute atomic E-state index is 0.00175. The smallest absolute Gasteiger partial charge is 0.242 e. The molecular formula is C11H21N3O3. The Morgan fingerprint density at radius 1 is 1.65 bits per heavy atom. The molecule has 1 aliphatic heterocycles. The topological polar surface area (TPSA) is 70.7 Å². The molecule has 2 atom stereocenters. The lowest BCUT2D eigenvalue weighted by atomic mass is 10.2. The molecule has 0 aromatic carbocycles. The van der Waals surface area contributed by atoms with Gasteiger partial charge in [0.25, 0.3) is 0 Å². The SMILES string of the molecule is CNC1CCN(C(C)C(=O)NCCOC)C1=O. The van der Waals surface area contributed by atoms with Gasteiger partial charge in [-0.1, -0.05) is 0 Å². The normalized spacial score (nSPS) is 21.7. The lowest BCUT2D eigenvalue weighted by Gasteiger charge is -2.23. The summed E-state index contributed by atoms with van der Waals surface area (Å²) in [5, 5.41) is 5.68. The molecule has 0 spiro atoms. The van der Waals surface area contributed by atoms with Crippen LogP contribution in [-0.4, -0.2) is 62.7 Å². The minimum Gasteiger partial charge on any atom is -0.383 e. The quantitative estimate of drug-likeness (QED) is 0.585. The maximum Gasteiger partial charge on any atom is 0.242 e. The summed E-state index contributed by atoms with van der Waals surface area (Å²) in [5.41, 5.74) is 0. The van der Waals surface area contributed by atoms with E-state index in [0.29, 0.717) is 19.7 Å². The fourth-order valence-corrected chi connectivity index (χ4v) is 1.92. The Kier molecular flexibility index (Phi) is 5.37. The van der Waals surface area contributed by atoms with Crippen molar-refractivity contribution in [2.45, 2.75) is 25.4 Å². The van der Waals surface area contributed by atoms with Crippen molar-refractivity contribution < 1.29 is 14.3 Å². The highest BCUT2D eigenvalue weighted by atomic mass is 16.5. The predicted octanol–water partition coefficient (Wildman–Crippen LogP) is -1.04. The number of hydrogen-bond acceptors (Lipinski definition) is 4. The van der Waals surface area contributed by atoms with Crippen molar-refractivity contribution >= 4 is 11.8 Å². The standard InChI is InChI=1S/C11H21N3O3/c1-8(10(15)13-5-7-17-3)14-6-4-9(12-2)11(14)16/h8-9,12H,4-7H2,1-3H3,(H,13,15). The number of ether oxygens (including phenoxy) is 1. The number of carbonyl (C=O) groups is 2. The molecule has 1 aliphatic rings. The molecule has 2 unspecified atom stereocenters. The van der Waals surface area contributed by atoms with Gasteiger partial charge in [-0.3, -0.25) is 9.59 Å². The molecule has 1 rings (SSSR count). The zero-order valence-electron chi connectivity index (χ0n) is 10.7. The first kappa shape index (κ1) is 13.9. The summed E-state index contributed by atoms with van der Waals surface area (Å²) >= 11 is 0. The maximum absolute atomic E-state index is 11.9. The molecule has 17 heavy (non-hydrogen) atoms. The third-order valence-corrected chi connectivity index (χ3v) is 3.04. The Morgan fingerprint density at radius 3 is 2.88 bits per heavy atom. The zero-order chi connectivity index (χ0) is 12.8. The van der Waals surface area contributed by atoms with Gasteiger partial charge in [0.05, 0.1) is 12.6 Å². The number of carbonyl (C=O) groups excluding carboxylic acids is 2. The molecule has 0 aromatic heterocycles. The molecule has 1 fully saturated rings.